The zero-order chi connectivity index (χ0) is 18.7. The third-order valence-corrected chi connectivity index (χ3v) is 6.16. The highest BCUT2D eigenvalue weighted by Crippen LogP contribution is 2.25. The fourth-order valence-corrected chi connectivity index (χ4v) is 4.24. The van der Waals surface area contributed by atoms with E-state index < -0.39 is 10.0 Å². The van der Waals surface area contributed by atoms with Gasteiger partial charge in [0.15, 0.2) is 0 Å². The molecule has 0 amide bonds. The zero-order valence-corrected chi connectivity index (χ0v) is 16.8. The summed E-state index contributed by atoms with van der Waals surface area (Å²) in [6, 6.07) is 17.7. The maximum atomic E-state index is 12.9. The van der Waals surface area contributed by atoms with Gasteiger partial charge in [0.1, 0.15) is 11.5 Å². The van der Waals surface area contributed by atoms with Crippen molar-refractivity contribution in [2.75, 3.05) is 31.1 Å². The minimum absolute atomic E-state index is 0. The van der Waals surface area contributed by atoms with E-state index in [0.29, 0.717) is 11.5 Å². The summed E-state index contributed by atoms with van der Waals surface area (Å²) in [5.41, 5.74) is 0.920. The summed E-state index contributed by atoms with van der Waals surface area (Å²) in [4.78, 5) is 2.41. The van der Waals surface area contributed by atoms with E-state index in [-0.39, 0.29) is 17.3 Å². The Morgan fingerprint density at radius 2 is 1.50 bits per heavy atom. The number of nitrogens with zero attached hydrogens (tertiary/aromatic N) is 2. The van der Waals surface area contributed by atoms with Gasteiger partial charge in [-0.2, -0.15) is 0 Å². The van der Waals surface area contributed by atoms with Gasteiger partial charge in [0.2, 0.25) is 0 Å². The van der Waals surface area contributed by atoms with Gasteiger partial charge in [-0.1, -0.05) is 18.2 Å². The minimum atomic E-state index is -3.63. The van der Waals surface area contributed by atoms with Gasteiger partial charge in [0.25, 0.3) is 10.0 Å². The molecule has 0 atom stereocenters. The Balaban J connectivity index is 0.00000225. The van der Waals surface area contributed by atoms with Crippen LogP contribution in [0.3, 0.4) is 0 Å². The lowest BCUT2D eigenvalue weighted by atomic mass is 10.3. The van der Waals surface area contributed by atoms with Gasteiger partial charge in [-0.15, -0.1) is 12.4 Å². The number of halogens is 1. The molecule has 1 aliphatic heterocycles. The molecule has 6 nitrogen and oxygen atoms in total. The molecule has 0 saturated carbocycles. The number of hydrogen-bond donors (Lipinski definition) is 1. The van der Waals surface area contributed by atoms with Crippen molar-refractivity contribution < 1.29 is 13.2 Å². The van der Waals surface area contributed by atoms with E-state index in [1.165, 1.54) is 3.97 Å². The molecule has 2 heterocycles. The Kier molecular flexibility index (Phi) is 6.28. The molecule has 0 unspecified atom stereocenters. The van der Waals surface area contributed by atoms with Crippen LogP contribution in [0.5, 0.6) is 11.5 Å². The fourth-order valence-electron chi connectivity index (χ4n) is 3.05. The Hall–Kier alpha value is -2.48. The Morgan fingerprint density at radius 1 is 0.857 bits per heavy atom. The van der Waals surface area contributed by atoms with Gasteiger partial charge in [-0.05, 0) is 42.5 Å². The van der Waals surface area contributed by atoms with Gasteiger partial charge >= 0.3 is 0 Å². The van der Waals surface area contributed by atoms with Gasteiger partial charge < -0.3 is 15.0 Å². The third-order valence-electron chi connectivity index (χ3n) is 4.51. The molecule has 1 aromatic heterocycles. The average molecular weight is 420 g/mol. The summed E-state index contributed by atoms with van der Waals surface area (Å²) in [7, 11) is -3.63. The summed E-state index contributed by atoms with van der Waals surface area (Å²) in [5, 5.41) is 3.29. The van der Waals surface area contributed by atoms with E-state index in [1.807, 2.05) is 36.4 Å². The van der Waals surface area contributed by atoms with E-state index >= 15 is 0 Å². The molecule has 0 radical (unpaired) electrons. The molecule has 0 spiro atoms. The second-order valence-corrected chi connectivity index (χ2v) is 8.17. The van der Waals surface area contributed by atoms with Gasteiger partial charge in [0, 0.05) is 38.6 Å². The molecular weight excluding hydrogens is 398 g/mol. The number of hydrogen-bond acceptors (Lipinski definition) is 5. The number of anilines is 1. The molecule has 28 heavy (non-hydrogen) atoms. The second kappa shape index (κ2) is 8.68. The summed E-state index contributed by atoms with van der Waals surface area (Å²) >= 11 is 0. The Bertz CT molecular complexity index is 999. The smallest absolute Gasteiger partial charge is 0.267 e. The first kappa shape index (κ1) is 20.3. The summed E-state index contributed by atoms with van der Waals surface area (Å²) in [6.45, 7) is 3.55. The highest BCUT2D eigenvalue weighted by Gasteiger charge is 2.19. The monoisotopic (exact) mass is 419 g/mol. The molecule has 3 aromatic rings. The SMILES string of the molecule is Cl.O=S(=O)(c1ccc(Oc2ccccc2)cc1)n1ccc(N2CCNCC2)c1. The van der Waals surface area contributed by atoms with Crippen LogP contribution in [0.25, 0.3) is 0 Å². The molecule has 1 aliphatic rings. The van der Waals surface area contributed by atoms with Gasteiger partial charge in [0.05, 0.1) is 10.6 Å². The van der Waals surface area contributed by atoms with Crippen molar-refractivity contribution in [3.63, 3.8) is 0 Å². The van der Waals surface area contributed by atoms with E-state index in [4.69, 9.17) is 4.74 Å². The molecule has 1 saturated heterocycles. The predicted molar refractivity (Wildman–Crippen MR) is 112 cm³/mol. The van der Waals surface area contributed by atoms with E-state index in [0.717, 1.165) is 31.9 Å². The number of nitrogens with one attached hydrogen (secondary N) is 1. The number of para-hydroxylation sites is 1. The van der Waals surface area contributed by atoms with Crippen LogP contribution in [0, 0.1) is 0 Å². The van der Waals surface area contributed by atoms with Crippen molar-refractivity contribution in [1.29, 1.82) is 0 Å². The normalized spacial score (nSPS) is 14.4. The Morgan fingerprint density at radius 3 is 2.18 bits per heavy atom. The van der Waals surface area contributed by atoms with E-state index in [2.05, 4.69) is 10.2 Å². The van der Waals surface area contributed by atoms with Crippen LogP contribution < -0.4 is 15.0 Å². The van der Waals surface area contributed by atoms with E-state index in [9.17, 15) is 8.42 Å². The first-order valence-corrected chi connectivity index (χ1v) is 10.3. The van der Waals surface area contributed by atoms with Crippen LogP contribution in [0.1, 0.15) is 0 Å². The number of aromatic nitrogens is 1. The summed E-state index contributed by atoms with van der Waals surface area (Å²) < 4.78 is 32.8. The minimum Gasteiger partial charge on any atom is -0.457 e. The number of rotatable bonds is 5. The largest absolute Gasteiger partial charge is 0.457 e. The van der Waals surface area contributed by atoms with Gasteiger partial charge in [-0.25, -0.2) is 12.4 Å². The molecule has 8 heteroatoms. The number of benzene rings is 2. The number of ether oxygens (including phenoxy) is 1. The van der Waals surface area contributed by atoms with Crippen molar-refractivity contribution in [2.24, 2.45) is 0 Å². The zero-order valence-electron chi connectivity index (χ0n) is 15.2. The van der Waals surface area contributed by atoms with Crippen LogP contribution in [-0.2, 0) is 10.0 Å². The van der Waals surface area contributed by atoms with Crippen molar-refractivity contribution in [3.8, 4) is 11.5 Å². The Labute approximate surface area is 171 Å². The van der Waals surface area contributed by atoms with Crippen LogP contribution in [-0.4, -0.2) is 38.6 Å². The third kappa shape index (κ3) is 4.32. The first-order valence-electron chi connectivity index (χ1n) is 8.85. The molecule has 4 rings (SSSR count). The van der Waals surface area contributed by atoms with E-state index in [1.54, 1.807) is 36.7 Å². The second-order valence-electron chi connectivity index (χ2n) is 6.33. The van der Waals surface area contributed by atoms with Crippen molar-refractivity contribution in [2.45, 2.75) is 4.90 Å². The predicted octanol–water partition coefficient (Wildman–Crippen LogP) is 3.35. The fraction of sp³-hybridized carbons (Fsp3) is 0.200. The van der Waals surface area contributed by atoms with Crippen molar-refractivity contribution in [1.82, 2.24) is 9.29 Å². The highest BCUT2D eigenvalue weighted by atomic mass is 35.5. The van der Waals surface area contributed by atoms with Crippen LogP contribution in [0.4, 0.5) is 5.69 Å². The standard InChI is InChI=1S/C20H21N3O3S.ClH/c24-27(25,23-13-10-17(16-23)22-14-11-21-12-15-22)20-8-6-19(7-9-20)26-18-4-2-1-3-5-18;/h1-10,13,16,21H,11-12,14-15H2;1H. The first-order chi connectivity index (χ1) is 13.1. The number of piperazine rings is 1. The molecule has 148 valence electrons. The topological polar surface area (TPSA) is 63.6 Å². The average Bonchev–Trinajstić information content (AvgIpc) is 3.21. The van der Waals surface area contributed by atoms with Crippen LogP contribution in [0.15, 0.2) is 78.0 Å². The molecule has 0 bridgehead atoms. The molecule has 1 N–H and O–H groups in total. The van der Waals surface area contributed by atoms with Crippen LogP contribution in [0.2, 0.25) is 0 Å². The summed E-state index contributed by atoms with van der Waals surface area (Å²) in [5.74, 6) is 1.30. The lowest BCUT2D eigenvalue weighted by Gasteiger charge is -2.28. The maximum Gasteiger partial charge on any atom is 0.267 e. The maximum absolute atomic E-state index is 12.9. The highest BCUT2D eigenvalue weighted by molar-refractivity contribution is 7.90. The quantitative estimate of drug-likeness (QED) is 0.687. The lowest BCUT2D eigenvalue weighted by molar-refractivity contribution is 0.482. The van der Waals surface area contributed by atoms with Crippen LogP contribution >= 0.6 is 12.4 Å². The lowest BCUT2D eigenvalue weighted by Crippen LogP contribution is -2.43. The summed E-state index contributed by atoms with van der Waals surface area (Å²) in [6.07, 6.45) is 3.27. The molecular formula is C20H22ClN3O3S. The molecule has 2 aromatic carbocycles. The molecule has 1 fully saturated rings. The molecule has 0 aliphatic carbocycles. The van der Waals surface area contributed by atoms with Crippen molar-refractivity contribution >= 4 is 28.1 Å². The van der Waals surface area contributed by atoms with Gasteiger partial charge in [-0.3, -0.25) is 0 Å². The van der Waals surface area contributed by atoms with Crippen molar-refractivity contribution in [3.05, 3.63) is 73.1 Å².